The van der Waals surface area contributed by atoms with Crippen LogP contribution in [0.5, 0.6) is 0 Å². The van der Waals surface area contributed by atoms with E-state index in [0.29, 0.717) is 18.2 Å². The van der Waals surface area contributed by atoms with Crippen molar-refractivity contribution in [2.24, 2.45) is 0 Å². The van der Waals surface area contributed by atoms with Crippen LogP contribution in [0.25, 0.3) is 0 Å². The molecule has 1 aromatic carbocycles. The molecule has 7 heteroatoms. The summed E-state index contributed by atoms with van der Waals surface area (Å²) in [5, 5.41) is 2.90. The van der Waals surface area contributed by atoms with Crippen LogP contribution in [0.4, 0.5) is 0 Å². The van der Waals surface area contributed by atoms with Crippen molar-refractivity contribution in [3.63, 3.8) is 0 Å². The molecule has 0 spiro atoms. The maximum Gasteiger partial charge on any atom is 0.251 e. The zero-order valence-corrected chi connectivity index (χ0v) is 16.2. The van der Waals surface area contributed by atoms with Gasteiger partial charge in [-0.3, -0.25) is 4.79 Å². The molecule has 1 saturated heterocycles. The number of sulfonamides is 1. The van der Waals surface area contributed by atoms with Gasteiger partial charge < -0.3 is 10.2 Å². The Morgan fingerprint density at radius 1 is 1.23 bits per heavy atom. The molecule has 1 heterocycles. The lowest BCUT2D eigenvalue weighted by molar-refractivity contribution is 0.0948. The lowest BCUT2D eigenvalue weighted by Crippen LogP contribution is -2.39. The van der Waals surface area contributed by atoms with Gasteiger partial charge in [-0.05, 0) is 63.8 Å². The van der Waals surface area contributed by atoms with Crippen LogP contribution in [-0.2, 0) is 10.0 Å². The van der Waals surface area contributed by atoms with Crippen molar-refractivity contribution in [2.45, 2.75) is 62.4 Å². The quantitative estimate of drug-likeness (QED) is 0.678. The number of piperidine rings is 1. The van der Waals surface area contributed by atoms with E-state index in [0.717, 1.165) is 32.4 Å². The van der Waals surface area contributed by atoms with Crippen LogP contribution in [0.2, 0.25) is 0 Å². The van der Waals surface area contributed by atoms with Crippen molar-refractivity contribution < 1.29 is 13.2 Å². The van der Waals surface area contributed by atoms with Gasteiger partial charge in [0.05, 0.1) is 4.90 Å². The summed E-state index contributed by atoms with van der Waals surface area (Å²) in [7, 11) is -3.54. The molecule has 1 saturated carbocycles. The molecule has 0 bridgehead atoms. The summed E-state index contributed by atoms with van der Waals surface area (Å²) in [5.74, 6) is -0.222. The number of hydrogen-bond donors (Lipinski definition) is 2. The molecule has 0 radical (unpaired) electrons. The summed E-state index contributed by atoms with van der Waals surface area (Å²) in [6.45, 7) is 4.99. The van der Waals surface area contributed by atoms with Gasteiger partial charge in [-0.2, -0.15) is 0 Å². The second kappa shape index (κ2) is 8.50. The standard InChI is InChI=1S/C19H29N3O3S/c1-15-6-2-3-12-22(15)13-5-11-20-19(23)16-7-4-8-18(14-16)26(24,25)21-17-9-10-17/h4,7-8,14-15,17,21H,2-3,5-6,9-13H2,1H3,(H,20,23). The minimum Gasteiger partial charge on any atom is -0.352 e. The van der Waals surface area contributed by atoms with Crippen molar-refractivity contribution in [1.82, 2.24) is 14.9 Å². The molecular formula is C19H29N3O3S. The van der Waals surface area contributed by atoms with E-state index in [-0.39, 0.29) is 16.8 Å². The maximum atomic E-state index is 12.3. The number of nitrogens with zero attached hydrogens (tertiary/aromatic N) is 1. The van der Waals surface area contributed by atoms with Gasteiger partial charge in [-0.1, -0.05) is 12.5 Å². The van der Waals surface area contributed by atoms with Crippen molar-refractivity contribution >= 4 is 15.9 Å². The molecule has 2 N–H and O–H groups in total. The number of likely N-dealkylation sites (tertiary alicyclic amines) is 1. The zero-order chi connectivity index (χ0) is 18.6. The van der Waals surface area contributed by atoms with Crippen molar-refractivity contribution in [2.75, 3.05) is 19.6 Å². The Balaban J connectivity index is 1.49. The minimum absolute atomic E-state index is 0.0506. The van der Waals surface area contributed by atoms with Crippen molar-refractivity contribution in [3.05, 3.63) is 29.8 Å². The van der Waals surface area contributed by atoms with E-state index in [1.807, 2.05) is 0 Å². The molecule has 0 aromatic heterocycles. The van der Waals surface area contributed by atoms with Crippen molar-refractivity contribution in [1.29, 1.82) is 0 Å². The van der Waals surface area contributed by atoms with Crippen LogP contribution in [-0.4, -0.2) is 50.9 Å². The summed E-state index contributed by atoms with van der Waals surface area (Å²) >= 11 is 0. The first-order valence-electron chi connectivity index (χ1n) is 9.60. The van der Waals surface area contributed by atoms with E-state index in [9.17, 15) is 13.2 Å². The van der Waals surface area contributed by atoms with E-state index in [1.165, 1.54) is 31.4 Å². The number of rotatable bonds is 8. The van der Waals surface area contributed by atoms with Gasteiger partial charge in [-0.15, -0.1) is 0 Å². The molecule has 1 amide bonds. The van der Waals surface area contributed by atoms with E-state index in [4.69, 9.17) is 0 Å². The third-order valence-corrected chi connectivity index (χ3v) is 6.67. The minimum atomic E-state index is -3.54. The van der Waals surface area contributed by atoms with Crippen LogP contribution in [0, 0.1) is 0 Å². The Labute approximate surface area is 156 Å². The predicted molar refractivity (Wildman–Crippen MR) is 102 cm³/mol. The average molecular weight is 380 g/mol. The van der Waals surface area contributed by atoms with Crippen LogP contribution < -0.4 is 10.0 Å². The molecule has 1 aliphatic heterocycles. The normalized spacial score (nSPS) is 21.5. The molecular weight excluding hydrogens is 350 g/mol. The number of benzene rings is 1. The molecule has 26 heavy (non-hydrogen) atoms. The number of hydrogen-bond acceptors (Lipinski definition) is 4. The zero-order valence-electron chi connectivity index (χ0n) is 15.4. The molecule has 144 valence electrons. The smallest absolute Gasteiger partial charge is 0.251 e. The lowest BCUT2D eigenvalue weighted by Gasteiger charge is -2.33. The molecule has 2 fully saturated rings. The SMILES string of the molecule is CC1CCCCN1CCCNC(=O)c1cccc(S(=O)(=O)NC2CC2)c1. The van der Waals surface area contributed by atoms with Crippen LogP contribution in [0.15, 0.2) is 29.2 Å². The number of nitrogens with one attached hydrogen (secondary N) is 2. The maximum absolute atomic E-state index is 12.3. The van der Waals surface area contributed by atoms with Crippen LogP contribution in [0.3, 0.4) is 0 Å². The van der Waals surface area contributed by atoms with Gasteiger partial charge >= 0.3 is 0 Å². The molecule has 2 aliphatic rings. The Hall–Kier alpha value is -1.44. The predicted octanol–water partition coefficient (Wildman–Crippen LogP) is 2.12. The second-order valence-electron chi connectivity index (χ2n) is 7.41. The molecule has 1 aliphatic carbocycles. The fourth-order valence-electron chi connectivity index (χ4n) is 3.37. The van der Waals surface area contributed by atoms with Crippen LogP contribution in [0.1, 0.15) is 55.8 Å². The van der Waals surface area contributed by atoms with Gasteiger partial charge in [0, 0.05) is 30.7 Å². The van der Waals surface area contributed by atoms with Gasteiger partial charge in [0.25, 0.3) is 5.91 Å². The Morgan fingerprint density at radius 3 is 2.77 bits per heavy atom. The Morgan fingerprint density at radius 2 is 2.04 bits per heavy atom. The van der Waals surface area contributed by atoms with E-state index in [2.05, 4.69) is 21.9 Å². The summed E-state index contributed by atoms with van der Waals surface area (Å²) in [6, 6.07) is 6.92. The molecule has 1 aromatic rings. The number of amides is 1. The fraction of sp³-hybridized carbons (Fsp3) is 0.632. The monoisotopic (exact) mass is 379 g/mol. The third kappa shape index (κ3) is 5.28. The topological polar surface area (TPSA) is 78.5 Å². The van der Waals surface area contributed by atoms with Gasteiger partial charge in [0.1, 0.15) is 0 Å². The van der Waals surface area contributed by atoms with Gasteiger partial charge in [-0.25, -0.2) is 13.1 Å². The first-order chi connectivity index (χ1) is 12.5. The number of carbonyl (C=O) groups excluding carboxylic acids is 1. The number of carbonyl (C=O) groups is 1. The average Bonchev–Trinajstić information content (AvgIpc) is 3.43. The lowest BCUT2D eigenvalue weighted by atomic mass is 10.0. The Kier molecular flexibility index (Phi) is 6.32. The fourth-order valence-corrected chi connectivity index (χ4v) is 4.72. The summed E-state index contributed by atoms with van der Waals surface area (Å²) in [6.07, 6.45) is 6.49. The van der Waals surface area contributed by atoms with Crippen molar-refractivity contribution in [3.8, 4) is 0 Å². The second-order valence-corrected chi connectivity index (χ2v) is 9.13. The highest BCUT2D eigenvalue weighted by molar-refractivity contribution is 7.89. The molecule has 6 nitrogen and oxygen atoms in total. The first kappa shape index (κ1) is 19.3. The highest BCUT2D eigenvalue weighted by Crippen LogP contribution is 2.22. The summed E-state index contributed by atoms with van der Waals surface area (Å²) < 4.78 is 27.2. The highest BCUT2D eigenvalue weighted by Gasteiger charge is 2.28. The van der Waals surface area contributed by atoms with E-state index < -0.39 is 10.0 Å². The molecule has 1 unspecified atom stereocenters. The van der Waals surface area contributed by atoms with Gasteiger partial charge in [0.15, 0.2) is 0 Å². The highest BCUT2D eigenvalue weighted by atomic mass is 32.2. The van der Waals surface area contributed by atoms with Gasteiger partial charge in [0.2, 0.25) is 10.0 Å². The molecule has 3 rings (SSSR count). The molecule has 1 atom stereocenters. The Bertz CT molecular complexity index is 731. The largest absolute Gasteiger partial charge is 0.352 e. The van der Waals surface area contributed by atoms with E-state index >= 15 is 0 Å². The first-order valence-corrected chi connectivity index (χ1v) is 11.1. The van der Waals surface area contributed by atoms with E-state index in [1.54, 1.807) is 12.1 Å². The third-order valence-electron chi connectivity index (χ3n) is 5.15. The summed E-state index contributed by atoms with van der Waals surface area (Å²) in [4.78, 5) is 15.0. The van der Waals surface area contributed by atoms with Crippen LogP contribution >= 0.6 is 0 Å². The summed E-state index contributed by atoms with van der Waals surface area (Å²) in [5.41, 5.74) is 0.384.